The van der Waals surface area contributed by atoms with Crippen LogP contribution in [0.25, 0.3) is 0 Å². The van der Waals surface area contributed by atoms with E-state index in [4.69, 9.17) is 9.52 Å². The predicted molar refractivity (Wildman–Crippen MR) is 76.1 cm³/mol. The Morgan fingerprint density at radius 2 is 1.95 bits per heavy atom. The number of hydrogen-bond donors (Lipinski definition) is 1. The second-order valence-corrected chi connectivity index (χ2v) is 4.97. The van der Waals surface area contributed by atoms with Gasteiger partial charge in [0.15, 0.2) is 0 Å². The largest absolute Gasteiger partial charge is 0.481 e. The summed E-state index contributed by atoms with van der Waals surface area (Å²) in [6.45, 7) is 3.53. The van der Waals surface area contributed by atoms with Gasteiger partial charge in [-0.15, -0.1) is 0 Å². The molecule has 20 heavy (non-hydrogen) atoms. The molecule has 0 fully saturated rings. The van der Waals surface area contributed by atoms with Crippen molar-refractivity contribution in [1.82, 2.24) is 4.90 Å². The van der Waals surface area contributed by atoms with Gasteiger partial charge in [-0.2, -0.15) is 0 Å². The van der Waals surface area contributed by atoms with E-state index in [0.29, 0.717) is 19.6 Å². The van der Waals surface area contributed by atoms with Crippen LogP contribution in [0, 0.1) is 5.92 Å². The van der Waals surface area contributed by atoms with Crippen LogP contribution >= 0.6 is 0 Å². The zero-order valence-corrected chi connectivity index (χ0v) is 11.5. The summed E-state index contributed by atoms with van der Waals surface area (Å²) in [5, 5.41) is 9.07. The van der Waals surface area contributed by atoms with Crippen molar-refractivity contribution in [2.75, 3.05) is 6.54 Å². The van der Waals surface area contributed by atoms with Crippen LogP contribution in [0.1, 0.15) is 18.2 Å². The molecule has 4 heteroatoms. The molecule has 0 radical (unpaired) electrons. The minimum Gasteiger partial charge on any atom is -0.481 e. The van der Waals surface area contributed by atoms with E-state index in [1.165, 1.54) is 0 Å². The second-order valence-electron chi connectivity index (χ2n) is 4.97. The van der Waals surface area contributed by atoms with Crippen molar-refractivity contribution in [3.63, 3.8) is 0 Å². The summed E-state index contributed by atoms with van der Waals surface area (Å²) in [6, 6.07) is 13.8. The van der Waals surface area contributed by atoms with Crippen LogP contribution < -0.4 is 0 Å². The zero-order chi connectivity index (χ0) is 14.4. The molecular formula is C16H19NO3. The van der Waals surface area contributed by atoms with Crippen LogP contribution in [-0.2, 0) is 17.9 Å². The Morgan fingerprint density at radius 1 is 1.20 bits per heavy atom. The molecule has 1 aromatic heterocycles. The molecule has 0 saturated heterocycles. The minimum atomic E-state index is -0.775. The summed E-state index contributed by atoms with van der Waals surface area (Å²) in [5.41, 5.74) is 1.16. The lowest BCUT2D eigenvalue weighted by Crippen LogP contribution is -2.31. The van der Waals surface area contributed by atoms with Crippen molar-refractivity contribution in [3.05, 3.63) is 60.1 Å². The maximum Gasteiger partial charge on any atom is 0.307 e. The van der Waals surface area contributed by atoms with E-state index in [0.717, 1.165) is 11.3 Å². The van der Waals surface area contributed by atoms with E-state index in [2.05, 4.69) is 4.90 Å². The number of rotatable bonds is 7. The number of carbonyl (C=O) groups is 1. The summed E-state index contributed by atoms with van der Waals surface area (Å²) in [4.78, 5) is 13.1. The van der Waals surface area contributed by atoms with Crippen molar-refractivity contribution in [2.45, 2.75) is 20.0 Å². The molecule has 106 valence electrons. The number of aliphatic carboxylic acids is 1. The predicted octanol–water partition coefficient (Wildman–Crippen LogP) is 3.00. The van der Waals surface area contributed by atoms with Crippen LogP contribution in [0.5, 0.6) is 0 Å². The highest BCUT2D eigenvalue weighted by molar-refractivity contribution is 5.69. The summed E-state index contributed by atoms with van der Waals surface area (Å²) >= 11 is 0. The molecule has 2 aromatic rings. The monoisotopic (exact) mass is 273 g/mol. The maximum atomic E-state index is 11.0. The van der Waals surface area contributed by atoms with Gasteiger partial charge in [0.25, 0.3) is 0 Å². The van der Waals surface area contributed by atoms with Crippen molar-refractivity contribution < 1.29 is 14.3 Å². The molecule has 2 rings (SSSR count). The lowest BCUT2D eigenvalue weighted by Gasteiger charge is -2.23. The highest BCUT2D eigenvalue weighted by atomic mass is 16.4. The van der Waals surface area contributed by atoms with Crippen LogP contribution in [0.4, 0.5) is 0 Å². The second kappa shape index (κ2) is 6.91. The quantitative estimate of drug-likeness (QED) is 0.842. The Kier molecular flexibility index (Phi) is 4.96. The molecule has 1 heterocycles. The Balaban J connectivity index is 2.05. The van der Waals surface area contributed by atoms with Gasteiger partial charge < -0.3 is 9.52 Å². The molecule has 4 nitrogen and oxygen atoms in total. The number of carboxylic acid groups (broad SMARTS) is 1. The fourth-order valence-electron chi connectivity index (χ4n) is 2.11. The molecule has 0 aliphatic carbocycles. The topological polar surface area (TPSA) is 53.7 Å². The van der Waals surface area contributed by atoms with Crippen LogP contribution in [0.3, 0.4) is 0 Å². The molecule has 1 atom stereocenters. The molecule has 1 N–H and O–H groups in total. The Bertz CT molecular complexity index is 522. The van der Waals surface area contributed by atoms with Gasteiger partial charge in [0.1, 0.15) is 5.76 Å². The Hall–Kier alpha value is -2.07. The summed E-state index contributed by atoms with van der Waals surface area (Å²) < 4.78 is 5.35. The lowest BCUT2D eigenvalue weighted by molar-refractivity contribution is -0.141. The molecule has 0 saturated carbocycles. The normalized spacial score (nSPS) is 12.5. The van der Waals surface area contributed by atoms with Gasteiger partial charge in [0.05, 0.1) is 18.7 Å². The Morgan fingerprint density at radius 3 is 2.55 bits per heavy atom. The highest BCUT2D eigenvalue weighted by Gasteiger charge is 2.17. The van der Waals surface area contributed by atoms with Gasteiger partial charge in [-0.3, -0.25) is 9.69 Å². The van der Waals surface area contributed by atoms with Gasteiger partial charge in [-0.05, 0) is 17.7 Å². The first-order valence-electron chi connectivity index (χ1n) is 6.66. The van der Waals surface area contributed by atoms with Gasteiger partial charge >= 0.3 is 5.97 Å². The third-order valence-electron chi connectivity index (χ3n) is 3.16. The average Bonchev–Trinajstić information content (AvgIpc) is 2.92. The summed E-state index contributed by atoms with van der Waals surface area (Å²) in [5.74, 6) is -0.338. The van der Waals surface area contributed by atoms with E-state index in [1.807, 2.05) is 42.5 Å². The molecule has 0 spiro atoms. The molecular weight excluding hydrogens is 254 g/mol. The molecule has 0 amide bonds. The fraction of sp³-hybridized carbons (Fsp3) is 0.312. The summed E-state index contributed by atoms with van der Waals surface area (Å²) in [6.07, 6.45) is 1.64. The highest BCUT2D eigenvalue weighted by Crippen LogP contribution is 2.12. The zero-order valence-electron chi connectivity index (χ0n) is 11.5. The number of furan rings is 1. The van der Waals surface area contributed by atoms with Crippen LogP contribution in [-0.4, -0.2) is 22.5 Å². The van der Waals surface area contributed by atoms with Gasteiger partial charge in [0, 0.05) is 13.1 Å². The molecule has 0 aliphatic rings. The van der Waals surface area contributed by atoms with Crippen LogP contribution in [0.15, 0.2) is 53.1 Å². The van der Waals surface area contributed by atoms with Crippen molar-refractivity contribution in [1.29, 1.82) is 0 Å². The molecule has 0 bridgehead atoms. The number of hydrogen-bond acceptors (Lipinski definition) is 3. The standard InChI is InChI=1S/C16H19NO3/c1-13(16(18)19)10-17(12-15-8-5-9-20-15)11-14-6-3-2-4-7-14/h2-9,13H,10-12H2,1H3,(H,18,19). The molecule has 0 aliphatic heterocycles. The first-order chi connectivity index (χ1) is 9.65. The van der Waals surface area contributed by atoms with E-state index < -0.39 is 11.9 Å². The van der Waals surface area contributed by atoms with E-state index in [1.54, 1.807) is 13.2 Å². The van der Waals surface area contributed by atoms with E-state index in [9.17, 15) is 4.79 Å². The number of benzene rings is 1. The fourth-order valence-corrected chi connectivity index (χ4v) is 2.11. The minimum absolute atomic E-state index is 0.409. The lowest BCUT2D eigenvalue weighted by atomic mass is 10.1. The third kappa shape index (κ3) is 4.24. The van der Waals surface area contributed by atoms with Gasteiger partial charge in [0.2, 0.25) is 0 Å². The van der Waals surface area contributed by atoms with E-state index in [-0.39, 0.29) is 0 Å². The maximum absolute atomic E-state index is 11.0. The van der Waals surface area contributed by atoms with Gasteiger partial charge in [-0.25, -0.2) is 0 Å². The SMILES string of the molecule is CC(CN(Cc1ccccc1)Cc1ccco1)C(=O)O. The molecule has 1 unspecified atom stereocenters. The van der Waals surface area contributed by atoms with Crippen LogP contribution in [0.2, 0.25) is 0 Å². The van der Waals surface area contributed by atoms with Gasteiger partial charge in [-0.1, -0.05) is 37.3 Å². The average molecular weight is 273 g/mol. The van der Waals surface area contributed by atoms with Crippen molar-refractivity contribution in [3.8, 4) is 0 Å². The smallest absolute Gasteiger partial charge is 0.307 e. The third-order valence-corrected chi connectivity index (χ3v) is 3.16. The summed E-state index contributed by atoms with van der Waals surface area (Å²) in [7, 11) is 0. The van der Waals surface area contributed by atoms with Crippen molar-refractivity contribution in [2.24, 2.45) is 5.92 Å². The number of carboxylic acids is 1. The Labute approximate surface area is 118 Å². The molecule has 1 aromatic carbocycles. The van der Waals surface area contributed by atoms with E-state index >= 15 is 0 Å². The first-order valence-corrected chi connectivity index (χ1v) is 6.66. The first kappa shape index (κ1) is 14.3. The van der Waals surface area contributed by atoms with Crippen molar-refractivity contribution >= 4 is 5.97 Å². The number of nitrogens with zero attached hydrogens (tertiary/aromatic N) is 1.